The number of hydrogen-bond acceptors (Lipinski definition) is 2. The summed E-state index contributed by atoms with van der Waals surface area (Å²) in [7, 11) is 0. The molecule has 1 unspecified atom stereocenters. The lowest BCUT2D eigenvalue weighted by molar-refractivity contribution is -0.133. The maximum atomic E-state index is 12.4. The Morgan fingerprint density at radius 1 is 1.15 bits per heavy atom. The van der Waals surface area contributed by atoms with Crippen molar-refractivity contribution in [1.29, 1.82) is 0 Å². The number of aliphatic carboxylic acids is 1. The Bertz CT molecular complexity index is 559. The molecule has 20 heavy (non-hydrogen) atoms. The molecular formula is C17H20O3. The van der Waals surface area contributed by atoms with Crippen LogP contribution in [0, 0.1) is 5.92 Å². The first-order valence-corrected chi connectivity index (χ1v) is 6.89. The highest BCUT2D eigenvalue weighted by Gasteiger charge is 2.31. The second-order valence-electron chi connectivity index (χ2n) is 6.29. The van der Waals surface area contributed by atoms with Gasteiger partial charge in [0.25, 0.3) is 0 Å². The number of allylic oxidation sites excluding steroid dienone is 1. The lowest BCUT2D eigenvalue weighted by Gasteiger charge is -2.19. The van der Waals surface area contributed by atoms with Gasteiger partial charge in [0, 0.05) is 11.1 Å². The summed E-state index contributed by atoms with van der Waals surface area (Å²) in [6.45, 7) is 6.35. The van der Waals surface area contributed by atoms with Gasteiger partial charge in [0.1, 0.15) is 0 Å². The number of carbonyl (C=O) groups is 2. The molecule has 3 heteroatoms. The highest BCUT2D eigenvalue weighted by molar-refractivity contribution is 6.05. The van der Waals surface area contributed by atoms with Gasteiger partial charge in [-0.05, 0) is 23.8 Å². The molecule has 0 saturated heterocycles. The molecule has 1 aromatic rings. The Morgan fingerprint density at radius 2 is 1.75 bits per heavy atom. The summed E-state index contributed by atoms with van der Waals surface area (Å²) in [6.07, 6.45) is 2.92. The number of rotatable bonds is 3. The highest BCUT2D eigenvalue weighted by Crippen LogP contribution is 2.30. The Balaban J connectivity index is 2.22. The highest BCUT2D eigenvalue weighted by atomic mass is 16.4. The Labute approximate surface area is 119 Å². The Morgan fingerprint density at radius 3 is 2.25 bits per heavy atom. The van der Waals surface area contributed by atoms with Crippen LogP contribution in [0.4, 0.5) is 0 Å². The lowest BCUT2D eigenvalue weighted by Crippen LogP contribution is -2.19. The number of Topliss-reactive ketones (excluding diaryl/α,β-unsaturated/α-hetero) is 1. The van der Waals surface area contributed by atoms with Crippen LogP contribution >= 0.6 is 0 Å². The van der Waals surface area contributed by atoms with Crippen LogP contribution in [0.2, 0.25) is 0 Å². The normalized spacial score (nSPS) is 18.8. The molecule has 106 valence electrons. The molecule has 1 N–H and O–H groups in total. The van der Waals surface area contributed by atoms with Gasteiger partial charge >= 0.3 is 5.97 Å². The SMILES string of the molecule is CC(C)(C)c1ccc(C(=O)C2CCC=C2C(=O)O)cc1. The zero-order valence-electron chi connectivity index (χ0n) is 12.1. The number of carbonyl (C=O) groups excluding carboxylic acids is 1. The lowest BCUT2D eigenvalue weighted by atomic mass is 9.85. The van der Waals surface area contributed by atoms with Gasteiger partial charge in [-0.3, -0.25) is 4.79 Å². The number of carboxylic acids is 1. The van der Waals surface area contributed by atoms with Crippen molar-refractivity contribution >= 4 is 11.8 Å². The first-order valence-electron chi connectivity index (χ1n) is 6.89. The molecule has 0 aliphatic heterocycles. The quantitative estimate of drug-likeness (QED) is 0.855. The monoisotopic (exact) mass is 272 g/mol. The van der Waals surface area contributed by atoms with E-state index in [1.54, 1.807) is 18.2 Å². The molecule has 0 heterocycles. The van der Waals surface area contributed by atoms with Gasteiger partial charge in [-0.1, -0.05) is 51.1 Å². The average Bonchev–Trinajstić information content (AvgIpc) is 2.86. The van der Waals surface area contributed by atoms with Crippen LogP contribution in [0.3, 0.4) is 0 Å². The van der Waals surface area contributed by atoms with E-state index < -0.39 is 11.9 Å². The van der Waals surface area contributed by atoms with Crippen molar-refractivity contribution in [3.8, 4) is 0 Å². The third-order valence-electron chi connectivity index (χ3n) is 3.79. The molecule has 0 radical (unpaired) electrons. The topological polar surface area (TPSA) is 54.4 Å². The van der Waals surface area contributed by atoms with Crippen LogP contribution in [0.25, 0.3) is 0 Å². The predicted molar refractivity (Wildman–Crippen MR) is 77.9 cm³/mol. The minimum atomic E-state index is -0.979. The van der Waals surface area contributed by atoms with Gasteiger partial charge in [0.05, 0.1) is 5.92 Å². The molecule has 0 amide bonds. The van der Waals surface area contributed by atoms with E-state index in [2.05, 4.69) is 20.8 Å². The van der Waals surface area contributed by atoms with Gasteiger partial charge in [-0.2, -0.15) is 0 Å². The molecular weight excluding hydrogens is 252 g/mol. The molecule has 1 aliphatic rings. The summed E-state index contributed by atoms with van der Waals surface area (Å²) in [4.78, 5) is 23.5. The minimum Gasteiger partial charge on any atom is -0.478 e. The summed E-state index contributed by atoms with van der Waals surface area (Å²) < 4.78 is 0. The van der Waals surface area contributed by atoms with Gasteiger partial charge in [0.15, 0.2) is 5.78 Å². The Kier molecular flexibility index (Phi) is 3.80. The van der Waals surface area contributed by atoms with E-state index in [0.717, 1.165) is 5.56 Å². The molecule has 0 aromatic heterocycles. The summed E-state index contributed by atoms with van der Waals surface area (Å²) in [6, 6.07) is 7.51. The Hall–Kier alpha value is -1.90. The molecule has 3 nitrogen and oxygen atoms in total. The maximum Gasteiger partial charge on any atom is 0.331 e. The van der Waals surface area contributed by atoms with E-state index in [4.69, 9.17) is 5.11 Å². The third-order valence-corrected chi connectivity index (χ3v) is 3.79. The summed E-state index contributed by atoms with van der Waals surface area (Å²) in [5.41, 5.74) is 2.04. The van der Waals surface area contributed by atoms with E-state index in [-0.39, 0.29) is 16.8 Å². The third kappa shape index (κ3) is 2.82. The number of hydrogen-bond donors (Lipinski definition) is 1. The molecule has 1 aliphatic carbocycles. The number of carboxylic acid groups (broad SMARTS) is 1. The predicted octanol–water partition coefficient (Wildman–Crippen LogP) is 3.59. The molecule has 1 aromatic carbocycles. The fourth-order valence-corrected chi connectivity index (χ4v) is 2.55. The van der Waals surface area contributed by atoms with Crippen molar-refractivity contribution in [2.24, 2.45) is 5.92 Å². The van der Waals surface area contributed by atoms with Crippen molar-refractivity contribution in [2.45, 2.75) is 39.0 Å². The van der Waals surface area contributed by atoms with Crippen molar-refractivity contribution in [3.63, 3.8) is 0 Å². The number of ketones is 1. The largest absolute Gasteiger partial charge is 0.478 e. The van der Waals surface area contributed by atoms with Crippen molar-refractivity contribution in [3.05, 3.63) is 47.0 Å². The first kappa shape index (κ1) is 14.5. The maximum absolute atomic E-state index is 12.4. The van der Waals surface area contributed by atoms with E-state index in [0.29, 0.717) is 18.4 Å². The summed E-state index contributed by atoms with van der Waals surface area (Å²) in [5.74, 6) is -1.56. The van der Waals surface area contributed by atoms with E-state index >= 15 is 0 Å². The van der Waals surface area contributed by atoms with Crippen molar-refractivity contribution < 1.29 is 14.7 Å². The van der Waals surface area contributed by atoms with Crippen LogP contribution in [-0.2, 0) is 10.2 Å². The molecule has 0 fully saturated rings. The van der Waals surface area contributed by atoms with Crippen molar-refractivity contribution in [1.82, 2.24) is 0 Å². The van der Waals surface area contributed by atoms with E-state index in [9.17, 15) is 9.59 Å². The fourth-order valence-electron chi connectivity index (χ4n) is 2.55. The van der Waals surface area contributed by atoms with Gasteiger partial charge in [0.2, 0.25) is 0 Å². The average molecular weight is 272 g/mol. The van der Waals surface area contributed by atoms with Crippen LogP contribution in [-0.4, -0.2) is 16.9 Å². The first-order chi connectivity index (χ1) is 9.30. The summed E-state index contributed by atoms with van der Waals surface area (Å²) in [5, 5.41) is 9.11. The summed E-state index contributed by atoms with van der Waals surface area (Å²) >= 11 is 0. The standard InChI is InChI=1S/C17H20O3/c1-17(2,3)12-9-7-11(8-10-12)15(18)13-5-4-6-14(13)16(19)20/h6-10,13H,4-5H2,1-3H3,(H,19,20). The van der Waals surface area contributed by atoms with E-state index in [1.807, 2.05) is 12.1 Å². The minimum absolute atomic E-state index is 0.0427. The fraction of sp³-hybridized carbons (Fsp3) is 0.412. The second kappa shape index (κ2) is 5.23. The zero-order valence-corrected chi connectivity index (χ0v) is 12.1. The smallest absolute Gasteiger partial charge is 0.331 e. The van der Waals surface area contributed by atoms with Gasteiger partial charge in [-0.15, -0.1) is 0 Å². The van der Waals surface area contributed by atoms with Crippen LogP contribution in [0.15, 0.2) is 35.9 Å². The molecule has 1 atom stereocenters. The zero-order chi connectivity index (χ0) is 14.9. The molecule has 0 bridgehead atoms. The molecule has 0 spiro atoms. The second-order valence-corrected chi connectivity index (χ2v) is 6.29. The van der Waals surface area contributed by atoms with E-state index in [1.165, 1.54) is 0 Å². The number of benzene rings is 1. The molecule has 2 rings (SSSR count). The van der Waals surface area contributed by atoms with Crippen LogP contribution in [0.5, 0.6) is 0 Å². The van der Waals surface area contributed by atoms with Gasteiger partial charge in [-0.25, -0.2) is 4.79 Å². The van der Waals surface area contributed by atoms with Crippen LogP contribution in [0.1, 0.15) is 49.5 Å². The molecule has 0 saturated carbocycles. The van der Waals surface area contributed by atoms with Crippen molar-refractivity contribution in [2.75, 3.05) is 0 Å². The van der Waals surface area contributed by atoms with Gasteiger partial charge < -0.3 is 5.11 Å². The van der Waals surface area contributed by atoms with Crippen LogP contribution < -0.4 is 0 Å².